The minimum absolute atomic E-state index is 0.127. The van der Waals surface area contributed by atoms with Gasteiger partial charge in [-0.25, -0.2) is 0 Å². The van der Waals surface area contributed by atoms with E-state index in [-0.39, 0.29) is 5.56 Å². The van der Waals surface area contributed by atoms with Crippen LogP contribution in [0.5, 0.6) is 5.75 Å². The first-order valence-electron chi connectivity index (χ1n) is 7.52. The molecule has 0 unspecified atom stereocenters. The number of carbonyl (C=O) groups is 1. The predicted octanol–water partition coefficient (Wildman–Crippen LogP) is 6.57. The lowest BCUT2D eigenvalue weighted by Gasteiger charge is -2.39. The topological polar surface area (TPSA) is 26.3 Å². The molecule has 1 rings (SSSR count). The van der Waals surface area contributed by atoms with Crippen LogP contribution in [0.4, 0.5) is 57.1 Å². The van der Waals surface area contributed by atoms with Gasteiger partial charge in [0.15, 0.2) is 0 Å². The maximum Gasteiger partial charge on any atom is 0.460 e. The highest BCUT2D eigenvalue weighted by Crippen LogP contribution is 2.60. The number of rotatable bonds is 9. The minimum Gasteiger partial charge on any atom is -0.493 e. The highest BCUT2D eigenvalue weighted by atomic mass is 35.5. The van der Waals surface area contributed by atoms with E-state index < -0.39 is 59.8 Å². The van der Waals surface area contributed by atoms with Crippen molar-refractivity contribution in [3.05, 3.63) is 29.8 Å². The molecule has 2 nitrogen and oxygen atoms in total. The Hall–Kier alpha value is -1.93. The van der Waals surface area contributed by atoms with Gasteiger partial charge in [-0.2, -0.15) is 57.1 Å². The van der Waals surface area contributed by atoms with Crippen LogP contribution in [0.15, 0.2) is 24.3 Å². The van der Waals surface area contributed by atoms with E-state index in [1.807, 2.05) is 0 Å². The normalized spacial score (nSPS) is 14.5. The molecular formula is C15H8ClF13O2. The van der Waals surface area contributed by atoms with Crippen molar-refractivity contribution in [2.75, 3.05) is 6.61 Å². The summed E-state index contributed by atoms with van der Waals surface area (Å²) in [6.45, 7) is -1.59. The standard InChI is InChI=1S/C15H8ClF13O2/c16-9(30)7-1-3-8(4-2-7)31-6-5-10(17,18)11(19,20)12(21,22)13(23,24)14(25,26)15(27,28)29/h1-4H,5-6H2. The van der Waals surface area contributed by atoms with Crippen molar-refractivity contribution in [3.63, 3.8) is 0 Å². The molecule has 0 N–H and O–H groups in total. The molecule has 0 aromatic heterocycles. The van der Waals surface area contributed by atoms with Gasteiger partial charge in [-0.3, -0.25) is 4.79 Å². The van der Waals surface area contributed by atoms with Crippen LogP contribution in [0.2, 0.25) is 0 Å². The molecule has 0 aliphatic carbocycles. The van der Waals surface area contributed by atoms with Crippen molar-refractivity contribution in [2.24, 2.45) is 0 Å². The molecule has 0 saturated heterocycles. The van der Waals surface area contributed by atoms with Gasteiger partial charge in [-0.1, -0.05) is 0 Å². The van der Waals surface area contributed by atoms with Crippen LogP contribution in [-0.2, 0) is 0 Å². The Morgan fingerprint density at radius 2 is 1.13 bits per heavy atom. The average molecular weight is 503 g/mol. The molecule has 178 valence electrons. The van der Waals surface area contributed by atoms with Gasteiger partial charge in [0.25, 0.3) is 5.24 Å². The van der Waals surface area contributed by atoms with E-state index in [1.165, 1.54) is 0 Å². The molecule has 16 heteroatoms. The second-order valence-electron chi connectivity index (χ2n) is 5.90. The highest BCUT2D eigenvalue weighted by Gasteiger charge is 2.90. The Bertz CT molecular complexity index is 787. The van der Waals surface area contributed by atoms with Crippen LogP contribution < -0.4 is 4.74 Å². The van der Waals surface area contributed by atoms with Crippen LogP contribution in [0.3, 0.4) is 0 Å². The third-order valence-corrected chi connectivity index (χ3v) is 3.98. The summed E-state index contributed by atoms with van der Waals surface area (Å²) in [5.74, 6) is -37.5. The third-order valence-electron chi connectivity index (χ3n) is 3.76. The van der Waals surface area contributed by atoms with Crippen LogP contribution in [0.25, 0.3) is 0 Å². The zero-order chi connectivity index (χ0) is 24.7. The molecule has 0 aliphatic heterocycles. The number of carbonyl (C=O) groups excluding carboxylic acids is 1. The average Bonchev–Trinajstić information content (AvgIpc) is 2.60. The first-order chi connectivity index (χ1) is 13.6. The fraction of sp³-hybridized carbons (Fsp3) is 0.533. The fourth-order valence-corrected chi connectivity index (χ4v) is 2.06. The lowest BCUT2D eigenvalue weighted by molar-refractivity contribution is -0.440. The maximum atomic E-state index is 13.6. The monoisotopic (exact) mass is 502 g/mol. The number of ether oxygens (including phenoxy) is 1. The van der Waals surface area contributed by atoms with Crippen molar-refractivity contribution >= 4 is 16.8 Å². The van der Waals surface area contributed by atoms with Gasteiger partial charge in [-0.15, -0.1) is 0 Å². The van der Waals surface area contributed by atoms with E-state index in [0.29, 0.717) is 0 Å². The van der Waals surface area contributed by atoms with E-state index in [2.05, 4.69) is 4.74 Å². The molecule has 0 spiro atoms. The number of halogens is 14. The summed E-state index contributed by atoms with van der Waals surface area (Å²) in [5, 5.41) is -0.962. The SMILES string of the molecule is O=C(Cl)c1ccc(OCCC(F)(F)C(F)(F)C(F)(F)C(F)(F)C(F)(F)C(F)(F)F)cc1. The second-order valence-corrected chi connectivity index (χ2v) is 6.24. The fourth-order valence-electron chi connectivity index (χ4n) is 1.94. The van der Waals surface area contributed by atoms with Crippen LogP contribution in [-0.4, -0.2) is 47.6 Å². The van der Waals surface area contributed by atoms with Crippen LogP contribution in [0.1, 0.15) is 16.8 Å². The number of benzene rings is 1. The maximum absolute atomic E-state index is 13.6. The largest absolute Gasteiger partial charge is 0.493 e. The Labute approximate surface area is 168 Å². The van der Waals surface area contributed by atoms with E-state index >= 15 is 0 Å². The smallest absolute Gasteiger partial charge is 0.460 e. The Kier molecular flexibility index (Phi) is 7.17. The molecule has 0 heterocycles. The van der Waals surface area contributed by atoms with E-state index in [9.17, 15) is 61.9 Å². The summed E-state index contributed by atoms with van der Waals surface area (Å²) in [7, 11) is 0. The number of hydrogen-bond donors (Lipinski definition) is 0. The number of alkyl halides is 13. The lowest BCUT2D eigenvalue weighted by Crippen LogP contribution is -2.70. The summed E-state index contributed by atoms with van der Waals surface area (Å²) in [5.41, 5.74) is -0.127. The zero-order valence-corrected chi connectivity index (χ0v) is 15.1. The van der Waals surface area contributed by atoms with E-state index in [4.69, 9.17) is 11.6 Å². The van der Waals surface area contributed by atoms with Crippen molar-refractivity contribution in [1.82, 2.24) is 0 Å². The van der Waals surface area contributed by atoms with Crippen molar-refractivity contribution < 1.29 is 66.6 Å². The molecule has 0 radical (unpaired) electrons. The molecule has 0 aliphatic rings. The highest BCUT2D eigenvalue weighted by molar-refractivity contribution is 6.67. The molecule has 31 heavy (non-hydrogen) atoms. The molecule has 1 aromatic carbocycles. The third kappa shape index (κ3) is 4.65. The second kappa shape index (κ2) is 8.20. The van der Waals surface area contributed by atoms with Crippen molar-refractivity contribution in [3.8, 4) is 5.75 Å². The Balaban J connectivity index is 3.06. The first kappa shape index (κ1) is 27.1. The molecule has 0 saturated carbocycles. The molecule has 0 bridgehead atoms. The number of hydrogen-bond acceptors (Lipinski definition) is 2. The molecule has 0 atom stereocenters. The van der Waals surface area contributed by atoms with E-state index in [1.54, 1.807) is 0 Å². The summed E-state index contributed by atoms with van der Waals surface area (Å²) < 4.78 is 173. The van der Waals surface area contributed by atoms with Gasteiger partial charge in [0, 0.05) is 5.56 Å². The molecular weight excluding hydrogens is 495 g/mol. The lowest BCUT2D eigenvalue weighted by atomic mass is 9.93. The molecule has 0 amide bonds. The predicted molar refractivity (Wildman–Crippen MR) is 77.5 cm³/mol. The van der Waals surface area contributed by atoms with Gasteiger partial charge >= 0.3 is 35.8 Å². The van der Waals surface area contributed by atoms with Crippen LogP contribution in [0, 0.1) is 0 Å². The first-order valence-corrected chi connectivity index (χ1v) is 7.90. The van der Waals surface area contributed by atoms with Gasteiger partial charge in [0.1, 0.15) is 5.75 Å². The Morgan fingerprint density at radius 3 is 1.52 bits per heavy atom. The van der Waals surface area contributed by atoms with Crippen molar-refractivity contribution in [1.29, 1.82) is 0 Å². The molecule has 1 aromatic rings. The van der Waals surface area contributed by atoms with Gasteiger partial charge in [-0.05, 0) is 35.9 Å². The summed E-state index contributed by atoms with van der Waals surface area (Å²) in [6.07, 6.45) is -9.94. The van der Waals surface area contributed by atoms with Gasteiger partial charge < -0.3 is 4.74 Å². The molecule has 0 fully saturated rings. The van der Waals surface area contributed by atoms with Gasteiger partial charge in [0.05, 0.1) is 13.0 Å². The van der Waals surface area contributed by atoms with Crippen molar-refractivity contribution in [2.45, 2.75) is 42.2 Å². The summed E-state index contributed by atoms with van der Waals surface area (Å²) in [4.78, 5) is 10.8. The minimum atomic E-state index is -7.93. The quantitative estimate of drug-likeness (QED) is 0.282. The summed E-state index contributed by atoms with van der Waals surface area (Å²) in [6, 6.07) is 3.70. The van der Waals surface area contributed by atoms with Crippen LogP contribution >= 0.6 is 11.6 Å². The van der Waals surface area contributed by atoms with E-state index in [0.717, 1.165) is 24.3 Å². The Morgan fingerprint density at radius 1 is 0.710 bits per heavy atom. The zero-order valence-electron chi connectivity index (χ0n) is 14.3. The van der Waals surface area contributed by atoms with Gasteiger partial charge in [0.2, 0.25) is 0 Å². The summed E-state index contributed by atoms with van der Waals surface area (Å²) >= 11 is 5.09.